The maximum atomic E-state index is 5.13. The number of ether oxygens (including phenoxy) is 2. The summed E-state index contributed by atoms with van der Waals surface area (Å²) in [7, 11) is 3.23. The third kappa shape index (κ3) is 2.16. The van der Waals surface area contributed by atoms with Crippen LogP contribution in [0.4, 0.5) is 0 Å². The number of hydrogen-bond donors (Lipinski definition) is 0. The zero-order valence-corrected chi connectivity index (χ0v) is 8.05. The SMILES string of the molecule is CC#Cc1ccc(OC)c(OC)c1. The van der Waals surface area contributed by atoms with Gasteiger partial charge in [0, 0.05) is 5.56 Å². The molecule has 0 spiro atoms. The maximum absolute atomic E-state index is 5.13. The van der Waals surface area contributed by atoms with Gasteiger partial charge in [-0.25, -0.2) is 0 Å². The van der Waals surface area contributed by atoms with E-state index in [0.717, 1.165) is 11.3 Å². The van der Waals surface area contributed by atoms with E-state index in [-0.39, 0.29) is 0 Å². The van der Waals surface area contributed by atoms with Crippen molar-refractivity contribution in [2.75, 3.05) is 14.2 Å². The van der Waals surface area contributed by atoms with Crippen LogP contribution >= 0.6 is 0 Å². The van der Waals surface area contributed by atoms with E-state index >= 15 is 0 Å². The third-order valence-electron chi connectivity index (χ3n) is 1.65. The Morgan fingerprint density at radius 2 is 1.77 bits per heavy atom. The Morgan fingerprint density at radius 3 is 2.31 bits per heavy atom. The van der Waals surface area contributed by atoms with E-state index in [1.54, 1.807) is 21.1 Å². The quantitative estimate of drug-likeness (QED) is 0.642. The van der Waals surface area contributed by atoms with Crippen molar-refractivity contribution < 1.29 is 9.47 Å². The molecule has 68 valence electrons. The summed E-state index contributed by atoms with van der Waals surface area (Å²) in [6, 6.07) is 5.60. The molecule has 0 heterocycles. The minimum atomic E-state index is 0.711. The fourth-order valence-corrected chi connectivity index (χ4v) is 1.06. The van der Waals surface area contributed by atoms with Gasteiger partial charge in [-0.2, -0.15) is 0 Å². The second kappa shape index (κ2) is 4.42. The lowest BCUT2D eigenvalue weighted by Crippen LogP contribution is -1.90. The molecule has 2 heteroatoms. The Labute approximate surface area is 78.5 Å². The Hall–Kier alpha value is -1.62. The first-order chi connectivity index (χ1) is 6.31. The Morgan fingerprint density at radius 1 is 1.08 bits per heavy atom. The highest BCUT2D eigenvalue weighted by Gasteiger charge is 2.02. The van der Waals surface area contributed by atoms with Gasteiger partial charge in [-0.1, -0.05) is 5.92 Å². The molecular formula is C11H12O2. The van der Waals surface area contributed by atoms with Crippen LogP contribution in [0, 0.1) is 11.8 Å². The molecule has 0 aromatic heterocycles. The minimum absolute atomic E-state index is 0.711. The first-order valence-corrected chi connectivity index (χ1v) is 3.96. The minimum Gasteiger partial charge on any atom is -0.493 e. The Bertz CT molecular complexity index is 345. The first kappa shape index (κ1) is 9.47. The second-order valence-electron chi connectivity index (χ2n) is 2.44. The number of benzene rings is 1. The third-order valence-corrected chi connectivity index (χ3v) is 1.65. The van der Waals surface area contributed by atoms with Crippen LogP contribution in [0.15, 0.2) is 18.2 Å². The van der Waals surface area contributed by atoms with E-state index < -0.39 is 0 Å². The largest absolute Gasteiger partial charge is 0.493 e. The monoisotopic (exact) mass is 176 g/mol. The average Bonchev–Trinajstić information content (AvgIpc) is 2.18. The van der Waals surface area contributed by atoms with Crippen molar-refractivity contribution in [1.82, 2.24) is 0 Å². The van der Waals surface area contributed by atoms with Gasteiger partial charge in [-0.15, -0.1) is 5.92 Å². The highest BCUT2D eigenvalue weighted by Crippen LogP contribution is 2.26. The molecule has 0 unspecified atom stereocenters. The molecule has 2 nitrogen and oxygen atoms in total. The summed E-state index contributed by atoms with van der Waals surface area (Å²) < 4.78 is 10.2. The summed E-state index contributed by atoms with van der Waals surface area (Å²) in [4.78, 5) is 0. The lowest BCUT2D eigenvalue weighted by Gasteiger charge is -2.06. The zero-order chi connectivity index (χ0) is 9.68. The van der Waals surface area contributed by atoms with Crippen LogP contribution in [0.25, 0.3) is 0 Å². The molecule has 0 saturated carbocycles. The van der Waals surface area contributed by atoms with Crippen LogP contribution in [0.3, 0.4) is 0 Å². The van der Waals surface area contributed by atoms with Crippen molar-refractivity contribution in [3.05, 3.63) is 23.8 Å². The summed E-state index contributed by atoms with van der Waals surface area (Å²) in [5.41, 5.74) is 0.931. The molecule has 0 fully saturated rings. The lowest BCUT2D eigenvalue weighted by molar-refractivity contribution is 0.355. The predicted octanol–water partition coefficient (Wildman–Crippen LogP) is 2.08. The van der Waals surface area contributed by atoms with Gasteiger partial charge >= 0.3 is 0 Å². The van der Waals surface area contributed by atoms with E-state index in [4.69, 9.17) is 9.47 Å². The van der Waals surface area contributed by atoms with Crippen molar-refractivity contribution >= 4 is 0 Å². The fraction of sp³-hybridized carbons (Fsp3) is 0.273. The number of rotatable bonds is 2. The van der Waals surface area contributed by atoms with Gasteiger partial charge < -0.3 is 9.47 Å². The van der Waals surface area contributed by atoms with Crippen molar-refractivity contribution in [2.45, 2.75) is 6.92 Å². The normalized spacial score (nSPS) is 8.54. The molecule has 0 N–H and O–H groups in total. The highest BCUT2D eigenvalue weighted by atomic mass is 16.5. The summed E-state index contributed by atoms with van der Waals surface area (Å²) in [6.45, 7) is 1.80. The van der Waals surface area contributed by atoms with E-state index in [0.29, 0.717) is 5.75 Å². The van der Waals surface area contributed by atoms with Gasteiger partial charge in [0.15, 0.2) is 11.5 Å². The second-order valence-corrected chi connectivity index (χ2v) is 2.44. The summed E-state index contributed by atoms with van der Waals surface area (Å²) in [6.07, 6.45) is 0. The predicted molar refractivity (Wildman–Crippen MR) is 52.1 cm³/mol. The van der Waals surface area contributed by atoms with Crippen LogP contribution in [0.2, 0.25) is 0 Å². The van der Waals surface area contributed by atoms with E-state index in [9.17, 15) is 0 Å². The lowest BCUT2D eigenvalue weighted by atomic mass is 10.2. The van der Waals surface area contributed by atoms with Crippen molar-refractivity contribution in [1.29, 1.82) is 0 Å². The number of methoxy groups -OCH3 is 2. The van der Waals surface area contributed by atoms with E-state index in [1.165, 1.54) is 0 Å². The van der Waals surface area contributed by atoms with Gasteiger partial charge in [0.1, 0.15) is 0 Å². The summed E-state index contributed by atoms with van der Waals surface area (Å²) >= 11 is 0. The van der Waals surface area contributed by atoms with Crippen LogP contribution in [0.1, 0.15) is 12.5 Å². The van der Waals surface area contributed by atoms with Crippen LogP contribution in [-0.4, -0.2) is 14.2 Å². The summed E-state index contributed by atoms with van der Waals surface area (Å²) in [5.74, 6) is 7.21. The molecule has 0 saturated heterocycles. The molecule has 0 atom stereocenters. The molecule has 0 bridgehead atoms. The van der Waals surface area contributed by atoms with Gasteiger partial charge in [0.05, 0.1) is 14.2 Å². The molecule has 0 aliphatic rings. The summed E-state index contributed by atoms with van der Waals surface area (Å²) in [5, 5.41) is 0. The molecule has 1 rings (SSSR count). The van der Waals surface area contributed by atoms with E-state index in [1.807, 2.05) is 18.2 Å². The van der Waals surface area contributed by atoms with Gasteiger partial charge in [-0.3, -0.25) is 0 Å². The Kier molecular flexibility index (Phi) is 3.22. The molecule has 0 amide bonds. The standard InChI is InChI=1S/C11H12O2/c1-4-5-9-6-7-10(12-2)11(8-9)13-3/h6-8H,1-3H3. The molecule has 13 heavy (non-hydrogen) atoms. The molecular weight excluding hydrogens is 164 g/mol. The van der Waals surface area contributed by atoms with Crippen molar-refractivity contribution in [2.24, 2.45) is 0 Å². The van der Waals surface area contributed by atoms with Gasteiger partial charge in [-0.05, 0) is 25.1 Å². The van der Waals surface area contributed by atoms with Crippen LogP contribution in [-0.2, 0) is 0 Å². The molecule has 1 aromatic rings. The number of hydrogen-bond acceptors (Lipinski definition) is 2. The van der Waals surface area contributed by atoms with Crippen LogP contribution < -0.4 is 9.47 Å². The van der Waals surface area contributed by atoms with Crippen molar-refractivity contribution in [3.63, 3.8) is 0 Å². The molecule has 1 aromatic carbocycles. The fourth-order valence-electron chi connectivity index (χ4n) is 1.06. The Balaban J connectivity index is 3.10. The smallest absolute Gasteiger partial charge is 0.161 e. The highest BCUT2D eigenvalue weighted by molar-refractivity contribution is 5.48. The molecule has 0 aliphatic heterocycles. The molecule has 0 radical (unpaired) electrons. The first-order valence-electron chi connectivity index (χ1n) is 3.96. The average molecular weight is 176 g/mol. The van der Waals surface area contributed by atoms with Crippen LogP contribution in [0.5, 0.6) is 11.5 Å². The maximum Gasteiger partial charge on any atom is 0.161 e. The van der Waals surface area contributed by atoms with Gasteiger partial charge in [0.2, 0.25) is 0 Å². The van der Waals surface area contributed by atoms with E-state index in [2.05, 4.69) is 11.8 Å². The zero-order valence-electron chi connectivity index (χ0n) is 8.05. The van der Waals surface area contributed by atoms with Gasteiger partial charge in [0.25, 0.3) is 0 Å². The topological polar surface area (TPSA) is 18.5 Å². The molecule has 0 aliphatic carbocycles. The van der Waals surface area contributed by atoms with Crippen molar-refractivity contribution in [3.8, 4) is 23.3 Å².